The number of Topliss-reactive ketones (excluding diaryl/α,β-unsaturated/α-hetero) is 2. The average molecular weight is 557 g/mol. The van der Waals surface area contributed by atoms with Crippen molar-refractivity contribution in [2.24, 2.45) is 57.2 Å². The number of carbonyl (C=O) groups excluding carboxylic acids is 2. The van der Waals surface area contributed by atoms with Crippen LogP contribution in [0.5, 0.6) is 0 Å². The molecule has 0 amide bonds. The molecule has 12 unspecified atom stereocenters. The summed E-state index contributed by atoms with van der Waals surface area (Å²) in [6.07, 6.45) is 9.92. The second-order valence-corrected chi connectivity index (χ2v) is 16.0. The van der Waals surface area contributed by atoms with Crippen molar-refractivity contribution in [3.8, 4) is 0 Å². The van der Waals surface area contributed by atoms with Crippen molar-refractivity contribution in [1.82, 2.24) is 0 Å². The molecule has 0 spiro atoms. The first kappa shape index (κ1) is 29.0. The van der Waals surface area contributed by atoms with Gasteiger partial charge in [-0.2, -0.15) is 0 Å². The third kappa shape index (κ3) is 4.09. The molecule has 0 aromatic heterocycles. The lowest BCUT2D eigenvalue weighted by Crippen LogP contribution is -2.60. The van der Waals surface area contributed by atoms with Crippen LogP contribution in [-0.4, -0.2) is 58.4 Å². The second kappa shape index (κ2) is 9.72. The van der Waals surface area contributed by atoms with Crippen LogP contribution in [0.25, 0.3) is 0 Å². The summed E-state index contributed by atoms with van der Waals surface area (Å²) in [7, 11) is 0. The number of ether oxygens (including phenoxy) is 1. The predicted octanol–water partition coefficient (Wildman–Crippen LogP) is 4.88. The zero-order chi connectivity index (χ0) is 28.8. The number of hydrogen-bond acceptors (Lipinski definition) is 6. The average Bonchev–Trinajstić information content (AvgIpc) is 3.71. The Morgan fingerprint density at radius 1 is 1.02 bits per heavy atom. The number of hydrogen-bond donors (Lipinski definition) is 3. The van der Waals surface area contributed by atoms with Crippen LogP contribution in [0.1, 0.15) is 98.8 Å². The molecule has 6 nitrogen and oxygen atoms in total. The molecule has 12 atom stereocenters. The van der Waals surface area contributed by atoms with Gasteiger partial charge in [0, 0.05) is 17.8 Å². The minimum absolute atomic E-state index is 0.0112. The third-order valence-corrected chi connectivity index (χ3v) is 13.8. The molecule has 1 aliphatic heterocycles. The fraction of sp³-hybridized carbons (Fsp3) is 0.882. The maximum atomic E-state index is 14.5. The van der Waals surface area contributed by atoms with E-state index in [4.69, 9.17) is 4.74 Å². The van der Waals surface area contributed by atoms with E-state index in [9.17, 15) is 24.9 Å². The number of aliphatic hydroxyl groups is 3. The number of ketones is 2. The Morgan fingerprint density at radius 2 is 1.77 bits per heavy atom. The summed E-state index contributed by atoms with van der Waals surface area (Å²) < 4.78 is 5.44. The standard InChI is InChI=1S/C34H52O6/c1-19-22-8-11-33(5)23-9-13-34(30(39)21(17-35)28(38)29-26(18-36)40-29)15-14-31(2,3)16-24(34)20(23)6-7-27(33)32(22,4)12-10-25(19)37/h6,19,21-24,26-29,35-36,38H,7-18H2,1-5H3. The highest BCUT2D eigenvalue weighted by atomic mass is 16.6. The lowest BCUT2D eigenvalue weighted by Gasteiger charge is -2.66. The smallest absolute Gasteiger partial charge is 0.147 e. The van der Waals surface area contributed by atoms with Gasteiger partial charge in [0.1, 0.15) is 23.8 Å². The molecule has 0 radical (unpaired) electrons. The minimum Gasteiger partial charge on any atom is -0.396 e. The van der Waals surface area contributed by atoms with Crippen LogP contribution in [0.4, 0.5) is 0 Å². The molecular weight excluding hydrogens is 504 g/mol. The van der Waals surface area contributed by atoms with Crippen LogP contribution < -0.4 is 0 Å². The van der Waals surface area contributed by atoms with E-state index >= 15 is 0 Å². The van der Waals surface area contributed by atoms with E-state index in [2.05, 4.69) is 40.7 Å². The van der Waals surface area contributed by atoms with Crippen molar-refractivity contribution in [2.75, 3.05) is 13.2 Å². The first-order chi connectivity index (χ1) is 18.8. The van der Waals surface area contributed by atoms with Gasteiger partial charge < -0.3 is 20.1 Å². The molecule has 5 fully saturated rings. The van der Waals surface area contributed by atoms with Gasteiger partial charge in [0.2, 0.25) is 0 Å². The molecule has 1 heterocycles. The first-order valence-corrected chi connectivity index (χ1v) is 16.2. The second-order valence-electron chi connectivity index (χ2n) is 16.0. The molecule has 1 saturated heterocycles. The van der Waals surface area contributed by atoms with Crippen molar-refractivity contribution in [2.45, 2.75) is 117 Å². The number of rotatable bonds is 6. The van der Waals surface area contributed by atoms with Crippen molar-refractivity contribution in [3.63, 3.8) is 0 Å². The van der Waals surface area contributed by atoms with E-state index in [1.54, 1.807) is 0 Å². The van der Waals surface area contributed by atoms with Crippen LogP contribution >= 0.6 is 0 Å². The Balaban J connectivity index is 1.35. The Morgan fingerprint density at radius 3 is 2.45 bits per heavy atom. The first-order valence-electron chi connectivity index (χ1n) is 16.2. The summed E-state index contributed by atoms with van der Waals surface area (Å²) in [5, 5.41) is 31.0. The van der Waals surface area contributed by atoms with Crippen LogP contribution in [0, 0.1) is 57.2 Å². The van der Waals surface area contributed by atoms with Gasteiger partial charge in [0.15, 0.2) is 0 Å². The Bertz CT molecular complexity index is 1080. The van der Waals surface area contributed by atoms with E-state index in [1.165, 1.54) is 5.57 Å². The fourth-order valence-corrected chi connectivity index (χ4v) is 11.3. The molecule has 6 aliphatic rings. The number of epoxide rings is 1. The monoisotopic (exact) mass is 556 g/mol. The lowest BCUT2D eigenvalue weighted by atomic mass is 9.38. The summed E-state index contributed by atoms with van der Waals surface area (Å²) in [4.78, 5) is 27.2. The summed E-state index contributed by atoms with van der Waals surface area (Å²) in [5.41, 5.74) is 1.39. The topological polar surface area (TPSA) is 107 Å². The van der Waals surface area contributed by atoms with Gasteiger partial charge >= 0.3 is 0 Å². The summed E-state index contributed by atoms with van der Waals surface area (Å²) in [6, 6.07) is 0. The predicted molar refractivity (Wildman–Crippen MR) is 152 cm³/mol. The molecular formula is C34H52O6. The van der Waals surface area contributed by atoms with E-state index in [0.29, 0.717) is 30.0 Å². The molecule has 3 N–H and O–H groups in total. The van der Waals surface area contributed by atoms with Gasteiger partial charge in [0.25, 0.3) is 0 Å². The van der Waals surface area contributed by atoms with Crippen LogP contribution in [0.3, 0.4) is 0 Å². The van der Waals surface area contributed by atoms with Crippen LogP contribution in [0.2, 0.25) is 0 Å². The molecule has 0 aromatic rings. The molecule has 6 rings (SSSR count). The third-order valence-electron chi connectivity index (χ3n) is 13.8. The van der Waals surface area contributed by atoms with Crippen molar-refractivity contribution >= 4 is 11.6 Å². The number of carbonyl (C=O) groups is 2. The van der Waals surface area contributed by atoms with Gasteiger partial charge in [-0.3, -0.25) is 9.59 Å². The quantitative estimate of drug-likeness (QED) is 0.318. The van der Waals surface area contributed by atoms with E-state index in [0.717, 1.165) is 57.8 Å². The fourth-order valence-electron chi connectivity index (χ4n) is 11.3. The normalized spacial score (nSPS) is 49.0. The maximum Gasteiger partial charge on any atom is 0.147 e. The van der Waals surface area contributed by atoms with Gasteiger partial charge in [-0.1, -0.05) is 46.3 Å². The van der Waals surface area contributed by atoms with Gasteiger partial charge in [-0.15, -0.1) is 0 Å². The van der Waals surface area contributed by atoms with Crippen LogP contribution in [-0.2, 0) is 14.3 Å². The SMILES string of the molecule is CC1C(=O)CCC2(C)C1CCC1(C)C3CCC4(C(=O)C(CO)C(O)C5OC5CO)CCC(C)(C)CC4C3=CCC12. The zero-order valence-electron chi connectivity index (χ0n) is 25.3. The zero-order valence-corrected chi connectivity index (χ0v) is 25.3. The lowest BCUT2D eigenvalue weighted by molar-refractivity contribution is -0.160. The largest absolute Gasteiger partial charge is 0.396 e. The van der Waals surface area contributed by atoms with Crippen molar-refractivity contribution in [1.29, 1.82) is 0 Å². The Kier molecular flexibility index (Phi) is 7.05. The summed E-state index contributed by atoms with van der Waals surface area (Å²) >= 11 is 0. The highest BCUT2D eigenvalue weighted by molar-refractivity contribution is 5.89. The van der Waals surface area contributed by atoms with Gasteiger partial charge in [0.05, 0.1) is 25.2 Å². The van der Waals surface area contributed by atoms with Crippen molar-refractivity contribution < 1.29 is 29.6 Å². The molecule has 4 saturated carbocycles. The molecule has 5 aliphatic carbocycles. The van der Waals surface area contributed by atoms with E-state index in [1.807, 2.05) is 0 Å². The van der Waals surface area contributed by atoms with Crippen molar-refractivity contribution in [3.05, 3.63) is 11.6 Å². The molecule has 0 aromatic carbocycles. The van der Waals surface area contributed by atoms with Gasteiger partial charge in [-0.05, 0) is 97.7 Å². The highest BCUT2D eigenvalue weighted by Crippen LogP contribution is 2.71. The summed E-state index contributed by atoms with van der Waals surface area (Å²) in [5.74, 6) is 1.34. The number of fused-ring (bicyclic) bond motifs is 7. The molecule has 0 bridgehead atoms. The molecule has 224 valence electrons. The highest BCUT2D eigenvalue weighted by Gasteiger charge is 2.65. The number of aliphatic hydroxyl groups excluding tert-OH is 3. The minimum atomic E-state index is -1.09. The molecule has 6 heteroatoms. The number of allylic oxidation sites excluding steroid dienone is 2. The van der Waals surface area contributed by atoms with Crippen LogP contribution in [0.15, 0.2) is 11.6 Å². The molecule has 40 heavy (non-hydrogen) atoms. The Labute approximate surface area is 240 Å². The Hall–Kier alpha value is -1.08. The van der Waals surface area contributed by atoms with E-state index in [-0.39, 0.29) is 40.5 Å². The van der Waals surface area contributed by atoms with Gasteiger partial charge in [-0.25, -0.2) is 0 Å². The maximum absolute atomic E-state index is 14.5. The van der Waals surface area contributed by atoms with E-state index < -0.39 is 36.3 Å². The summed E-state index contributed by atoms with van der Waals surface area (Å²) in [6.45, 7) is 11.3.